The number of nitrogens with zero attached hydrogens (tertiary/aromatic N) is 2. The number of halogens is 1. The molecule has 9 heteroatoms. The van der Waals surface area contributed by atoms with Crippen LogP contribution in [0.2, 0.25) is 5.02 Å². The van der Waals surface area contributed by atoms with Gasteiger partial charge in [-0.05, 0) is 29.8 Å². The third-order valence-electron chi connectivity index (χ3n) is 4.07. The molecule has 7 nitrogen and oxygen atoms in total. The number of rotatable bonds is 7. The van der Waals surface area contributed by atoms with Crippen LogP contribution in [0.25, 0.3) is 0 Å². The van der Waals surface area contributed by atoms with Crippen molar-refractivity contribution >= 4 is 40.3 Å². The van der Waals surface area contributed by atoms with E-state index in [4.69, 9.17) is 21.1 Å². The molecule has 0 aromatic heterocycles. The number of ether oxygens (including phenoxy) is 2. The Bertz CT molecular complexity index is 936. The SMILES string of the molecule is CC(=O)NC1=NN(C(C)=O)[C@H](c2ccc(OCCCOc3ccccc3Cl)cc2)S1. The van der Waals surface area contributed by atoms with Crippen LogP contribution in [0.5, 0.6) is 11.5 Å². The molecule has 1 heterocycles. The summed E-state index contributed by atoms with van der Waals surface area (Å²) in [6.45, 7) is 3.84. The second kappa shape index (κ2) is 10.4. The van der Waals surface area contributed by atoms with Gasteiger partial charge in [-0.15, -0.1) is 5.10 Å². The average Bonchev–Trinajstić information content (AvgIpc) is 3.13. The molecule has 30 heavy (non-hydrogen) atoms. The van der Waals surface area contributed by atoms with Crippen molar-refractivity contribution in [1.29, 1.82) is 0 Å². The summed E-state index contributed by atoms with van der Waals surface area (Å²) >= 11 is 7.37. The highest BCUT2D eigenvalue weighted by atomic mass is 35.5. The van der Waals surface area contributed by atoms with E-state index < -0.39 is 0 Å². The molecule has 1 aliphatic rings. The van der Waals surface area contributed by atoms with Crippen LogP contribution < -0.4 is 14.8 Å². The van der Waals surface area contributed by atoms with Gasteiger partial charge in [0.15, 0.2) is 5.17 Å². The van der Waals surface area contributed by atoms with Gasteiger partial charge < -0.3 is 14.8 Å². The van der Waals surface area contributed by atoms with E-state index in [-0.39, 0.29) is 17.2 Å². The molecule has 0 spiro atoms. The molecule has 0 fully saturated rings. The number of hydrazone groups is 1. The number of thioether (sulfide) groups is 1. The molecule has 2 amide bonds. The highest BCUT2D eigenvalue weighted by Crippen LogP contribution is 2.39. The molecule has 1 N–H and O–H groups in total. The zero-order valence-electron chi connectivity index (χ0n) is 16.6. The Morgan fingerprint density at radius 2 is 1.80 bits per heavy atom. The van der Waals surface area contributed by atoms with Gasteiger partial charge >= 0.3 is 0 Å². The smallest absolute Gasteiger partial charge is 0.241 e. The van der Waals surface area contributed by atoms with E-state index in [1.165, 1.54) is 30.6 Å². The summed E-state index contributed by atoms with van der Waals surface area (Å²) < 4.78 is 11.4. The predicted molar refractivity (Wildman–Crippen MR) is 118 cm³/mol. The quantitative estimate of drug-likeness (QED) is 0.644. The molecule has 1 aliphatic heterocycles. The third kappa shape index (κ3) is 5.90. The van der Waals surface area contributed by atoms with Gasteiger partial charge in [-0.1, -0.05) is 47.6 Å². The van der Waals surface area contributed by atoms with E-state index in [0.29, 0.717) is 35.6 Å². The molecule has 0 saturated carbocycles. The number of amidine groups is 1. The van der Waals surface area contributed by atoms with Gasteiger partial charge in [0.1, 0.15) is 16.9 Å². The Labute approximate surface area is 184 Å². The monoisotopic (exact) mass is 447 g/mol. The van der Waals surface area contributed by atoms with E-state index in [2.05, 4.69) is 10.4 Å². The molecule has 0 unspecified atom stereocenters. The first-order chi connectivity index (χ1) is 14.4. The lowest BCUT2D eigenvalue weighted by Crippen LogP contribution is -2.25. The van der Waals surface area contributed by atoms with Crippen molar-refractivity contribution < 1.29 is 19.1 Å². The van der Waals surface area contributed by atoms with Crippen molar-refractivity contribution in [3.63, 3.8) is 0 Å². The summed E-state index contributed by atoms with van der Waals surface area (Å²) in [7, 11) is 0. The minimum Gasteiger partial charge on any atom is -0.493 e. The number of benzene rings is 2. The topological polar surface area (TPSA) is 80.2 Å². The van der Waals surface area contributed by atoms with Gasteiger partial charge in [-0.25, -0.2) is 5.01 Å². The lowest BCUT2D eigenvalue weighted by atomic mass is 10.2. The Balaban J connectivity index is 1.49. The second-order valence-electron chi connectivity index (χ2n) is 6.47. The lowest BCUT2D eigenvalue weighted by Gasteiger charge is -2.19. The zero-order valence-corrected chi connectivity index (χ0v) is 18.2. The zero-order chi connectivity index (χ0) is 21.5. The van der Waals surface area contributed by atoms with Crippen molar-refractivity contribution in [2.45, 2.75) is 25.6 Å². The van der Waals surface area contributed by atoms with Crippen LogP contribution in [-0.4, -0.2) is 35.2 Å². The highest BCUT2D eigenvalue weighted by Gasteiger charge is 2.32. The number of amides is 2. The maximum Gasteiger partial charge on any atom is 0.241 e. The third-order valence-corrected chi connectivity index (χ3v) is 5.48. The summed E-state index contributed by atoms with van der Waals surface area (Å²) in [4.78, 5) is 23.2. The van der Waals surface area contributed by atoms with Gasteiger partial charge in [0.2, 0.25) is 11.8 Å². The molecule has 3 rings (SSSR count). The van der Waals surface area contributed by atoms with Crippen LogP contribution in [0.3, 0.4) is 0 Å². The first-order valence-corrected chi connectivity index (χ1v) is 10.6. The minimum atomic E-state index is -0.331. The van der Waals surface area contributed by atoms with E-state index >= 15 is 0 Å². The largest absolute Gasteiger partial charge is 0.493 e. The minimum absolute atomic E-state index is 0.202. The van der Waals surface area contributed by atoms with E-state index in [9.17, 15) is 9.59 Å². The number of para-hydroxylation sites is 1. The molecule has 0 bridgehead atoms. The highest BCUT2D eigenvalue weighted by molar-refractivity contribution is 8.14. The number of hydrogen-bond donors (Lipinski definition) is 1. The van der Waals surface area contributed by atoms with Gasteiger partial charge in [0.05, 0.1) is 18.2 Å². The van der Waals surface area contributed by atoms with Gasteiger partial charge in [-0.3, -0.25) is 9.59 Å². The number of nitrogens with one attached hydrogen (secondary N) is 1. The summed E-state index contributed by atoms with van der Waals surface area (Å²) in [5.41, 5.74) is 0.883. The maximum absolute atomic E-state index is 11.9. The van der Waals surface area contributed by atoms with Crippen molar-refractivity contribution in [2.24, 2.45) is 5.10 Å². The van der Waals surface area contributed by atoms with Crippen molar-refractivity contribution in [1.82, 2.24) is 10.3 Å². The average molecular weight is 448 g/mol. The maximum atomic E-state index is 11.9. The Kier molecular flexibility index (Phi) is 7.59. The van der Waals surface area contributed by atoms with Gasteiger partial charge in [-0.2, -0.15) is 0 Å². The molecule has 0 aliphatic carbocycles. The van der Waals surface area contributed by atoms with E-state index in [0.717, 1.165) is 11.3 Å². The Morgan fingerprint density at radius 3 is 2.47 bits per heavy atom. The molecular weight excluding hydrogens is 426 g/mol. The van der Waals surface area contributed by atoms with E-state index in [1.807, 2.05) is 42.5 Å². The summed E-state index contributed by atoms with van der Waals surface area (Å²) in [5, 5.41) is 8.83. The van der Waals surface area contributed by atoms with Crippen LogP contribution in [0.15, 0.2) is 53.6 Å². The first-order valence-electron chi connectivity index (χ1n) is 9.37. The van der Waals surface area contributed by atoms with Crippen LogP contribution >= 0.6 is 23.4 Å². The normalized spacial score (nSPS) is 15.5. The fraction of sp³-hybridized carbons (Fsp3) is 0.286. The van der Waals surface area contributed by atoms with Gasteiger partial charge in [0, 0.05) is 20.3 Å². The van der Waals surface area contributed by atoms with Crippen LogP contribution in [-0.2, 0) is 9.59 Å². The molecule has 0 radical (unpaired) electrons. The fourth-order valence-corrected chi connectivity index (χ4v) is 4.03. The number of hydrogen-bond acceptors (Lipinski definition) is 6. The lowest BCUT2D eigenvalue weighted by molar-refractivity contribution is -0.129. The fourth-order valence-electron chi connectivity index (χ4n) is 2.70. The van der Waals surface area contributed by atoms with Crippen LogP contribution in [0.4, 0.5) is 0 Å². The summed E-state index contributed by atoms with van der Waals surface area (Å²) in [5.74, 6) is 0.949. The molecule has 2 aromatic carbocycles. The Morgan fingerprint density at radius 1 is 1.10 bits per heavy atom. The predicted octanol–water partition coefficient (Wildman–Crippen LogP) is 4.19. The second-order valence-corrected chi connectivity index (χ2v) is 7.95. The number of carbonyl (C=O) groups is 2. The molecular formula is C21H22ClN3O4S. The molecule has 1 atom stereocenters. The van der Waals surface area contributed by atoms with Gasteiger partial charge in [0.25, 0.3) is 0 Å². The number of carbonyl (C=O) groups excluding carboxylic acids is 2. The molecule has 2 aromatic rings. The first kappa shape index (κ1) is 22.0. The summed E-state index contributed by atoms with van der Waals surface area (Å²) in [6.07, 6.45) is 0.706. The summed E-state index contributed by atoms with van der Waals surface area (Å²) in [6, 6.07) is 14.8. The van der Waals surface area contributed by atoms with Crippen LogP contribution in [0.1, 0.15) is 31.2 Å². The molecule has 158 valence electrons. The van der Waals surface area contributed by atoms with Crippen LogP contribution in [0, 0.1) is 0 Å². The van der Waals surface area contributed by atoms with E-state index in [1.54, 1.807) is 6.07 Å². The van der Waals surface area contributed by atoms with Crippen molar-refractivity contribution in [2.75, 3.05) is 13.2 Å². The molecule has 0 saturated heterocycles. The standard InChI is InChI=1S/C21H22ClN3O4S/c1-14(26)23-21-24-25(15(2)27)20(30-21)16-8-10-17(11-9-16)28-12-5-13-29-19-7-4-3-6-18(19)22/h3-4,6-11,20H,5,12-13H2,1-2H3,(H,23,24,26)/t20-/m0/s1. The van der Waals surface area contributed by atoms with Crippen molar-refractivity contribution in [3.8, 4) is 11.5 Å². The van der Waals surface area contributed by atoms with Crippen molar-refractivity contribution in [3.05, 3.63) is 59.1 Å². The Hall–Kier alpha value is -2.71.